The quantitative estimate of drug-likeness (QED) is 0.00884. The molecule has 14 N–H and O–H groups in total. The number of phenols is 2. The van der Waals surface area contributed by atoms with Crippen LogP contribution in [0.15, 0.2) is 66.7 Å². The van der Waals surface area contributed by atoms with Crippen molar-refractivity contribution >= 4 is 62.1 Å². The molecule has 0 aliphatic carbocycles. The number of carboxylic acids is 2. The maximum atomic E-state index is 12.9. The number of carboxylic acid groups (broad SMARTS) is 2. The van der Waals surface area contributed by atoms with Gasteiger partial charge in [0, 0.05) is 28.8 Å². The number of carbonyl (C=O) groups is 5. The van der Waals surface area contributed by atoms with E-state index in [-0.39, 0.29) is 40.4 Å². The number of benzene rings is 4. The summed E-state index contributed by atoms with van der Waals surface area (Å²) >= 11 is 0. The minimum atomic E-state index is -3.92. The second-order valence-electron chi connectivity index (χ2n) is 14.7. The Kier molecular flexibility index (Phi) is 23.9. The third-order valence-corrected chi connectivity index (χ3v) is 10.6. The molecule has 4 aromatic rings. The first-order valence-corrected chi connectivity index (χ1v) is 24.1. The molecule has 0 radical (unpaired) electrons. The highest BCUT2D eigenvalue weighted by Crippen LogP contribution is 2.50. The van der Waals surface area contributed by atoms with Crippen LogP contribution >= 0.6 is 0 Å². The summed E-state index contributed by atoms with van der Waals surface area (Å²) in [7, 11) is -7.85. The number of aryl methyl sites for hydroxylation is 1. The van der Waals surface area contributed by atoms with E-state index < -0.39 is 115 Å². The molecule has 28 heteroatoms. The predicted molar refractivity (Wildman–Crippen MR) is 256 cm³/mol. The van der Waals surface area contributed by atoms with Gasteiger partial charge in [0.25, 0.3) is 20.2 Å². The lowest BCUT2D eigenvalue weighted by molar-refractivity contribution is -0.139. The summed E-state index contributed by atoms with van der Waals surface area (Å²) in [6, 6.07) is 15.6. The number of nitrogen functional groups attached to an aromatic ring is 2. The van der Waals surface area contributed by atoms with Gasteiger partial charge in [-0.15, -0.1) is 0 Å². The molecule has 1 heterocycles. The zero-order valence-electron chi connectivity index (χ0n) is 38.8. The molecule has 26 nitrogen and oxygen atoms in total. The molecule has 0 atom stereocenters. The summed E-state index contributed by atoms with van der Waals surface area (Å²) < 4.78 is 81.4. The molecule has 4 aromatic carbocycles. The highest BCUT2D eigenvalue weighted by molar-refractivity contribution is 7.86. The van der Waals surface area contributed by atoms with E-state index in [1.54, 1.807) is 24.3 Å². The maximum Gasteiger partial charge on any atom is 0.347 e. The lowest BCUT2D eigenvalue weighted by Gasteiger charge is -2.18. The molecule has 396 valence electrons. The van der Waals surface area contributed by atoms with E-state index in [1.807, 2.05) is 24.3 Å². The molecule has 1 aliphatic heterocycles. The average Bonchev–Trinajstić information content (AvgIpc) is 3.44. The Hall–Kier alpha value is -8.15. The van der Waals surface area contributed by atoms with Crippen molar-refractivity contribution < 1.29 is 104 Å². The van der Waals surface area contributed by atoms with Crippen LogP contribution in [-0.4, -0.2) is 136 Å². The van der Waals surface area contributed by atoms with E-state index in [0.717, 1.165) is 36.8 Å². The minimum absolute atomic E-state index is 0.0579. The number of hydrogen-bond acceptors (Lipinski definition) is 20. The Morgan fingerprint density at radius 2 is 1.21 bits per heavy atom. The summed E-state index contributed by atoms with van der Waals surface area (Å²) in [4.78, 5) is 58.6. The van der Waals surface area contributed by atoms with Gasteiger partial charge in [0.15, 0.2) is 23.5 Å². The van der Waals surface area contributed by atoms with Crippen LogP contribution in [0.5, 0.6) is 40.2 Å². The van der Waals surface area contributed by atoms with Crippen LogP contribution < -0.4 is 30.4 Å². The van der Waals surface area contributed by atoms with Crippen molar-refractivity contribution in [3.63, 3.8) is 0 Å². The number of aromatic hydroxyl groups is 2. The number of phenolic OH excluding ortho intramolecular Hbond substituents is 1. The number of unbranched alkanes of at least 4 members (excludes halogenated alkanes) is 2. The first-order chi connectivity index (χ1) is 34.2. The monoisotopic (exact) mass is 1060 g/mol. The SMILES string of the molecule is Cc1cc(O)c(C=O)c2c1C(=O)Oc1c(COC(=O)C=CC(=O)O)c(O)c(C(=O)O)c(C)c1O2.N=C(N)c1ccc(OCCCCCOc2ccc(C(=N)N)cc2)cc1.O=S(=O)(O)CCO.O=S(=O)(O)CCO. The fourth-order valence-corrected chi connectivity index (χ4v) is 6.23. The predicted octanol–water partition coefficient (Wildman–Crippen LogP) is 2.85. The number of carbonyl (C=O) groups excluding carboxylic acids is 3. The van der Waals surface area contributed by atoms with Crippen LogP contribution in [0, 0.1) is 24.7 Å². The number of hydrogen-bond donors (Lipinski definition) is 12. The fourth-order valence-electron chi connectivity index (χ4n) is 5.77. The Morgan fingerprint density at radius 1 is 0.726 bits per heavy atom. The Morgan fingerprint density at radius 3 is 1.59 bits per heavy atom. The summed E-state index contributed by atoms with van der Waals surface area (Å²) in [6.07, 6.45) is 4.21. The van der Waals surface area contributed by atoms with Crippen molar-refractivity contribution in [2.75, 3.05) is 37.9 Å². The number of esters is 2. The Balaban J connectivity index is 0.000000406. The van der Waals surface area contributed by atoms with Gasteiger partial charge in [-0.3, -0.25) is 24.7 Å². The number of nitrogens with two attached hydrogens (primary N) is 2. The zero-order chi connectivity index (χ0) is 55.2. The van der Waals surface area contributed by atoms with E-state index in [1.165, 1.54) is 13.8 Å². The molecule has 1 aliphatic rings. The van der Waals surface area contributed by atoms with Crippen LogP contribution in [0.4, 0.5) is 0 Å². The Labute approximate surface area is 416 Å². The van der Waals surface area contributed by atoms with Crippen molar-refractivity contribution in [3.05, 3.63) is 111 Å². The molecule has 0 spiro atoms. The minimum Gasteiger partial charge on any atom is -0.507 e. The summed E-state index contributed by atoms with van der Waals surface area (Å²) in [5.74, 6) is -7.38. The van der Waals surface area contributed by atoms with Gasteiger partial charge in [0.1, 0.15) is 52.4 Å². The molecular weight excluding hydrogens is 1010 g/mol. The first-order valence-electron chi connectivity index (χ1n) is 20.8. The number of aliphatic hydroxyl groups excluding tert-OH is 2. The molecule has 0 amide bonds. The van der Waals surface area contributed by atoms with Crippen molar-refractivity contribution in [2.24, 2.45) is 11.5 Å². The molecule has 73 heavy (non-hydrogen) atoms. The van der Waals surface area contributed by atoms with Gasteiger partial charge in [-0.1, -0.05) is 0 Å². The number of amidine groups is 2. The van der Waals surface area contributed by atoms with Crippen molar-refractivity contribution in [2.45, 2.75) is 39.7 Å². The number of rotatable bonds is 20. The van der Waals surface area contributed by atoms with Gasteiger partial charge in [-0.2, -0.15) is 16.8 Å². The number of nitrogens with one attached hydrogen (secondary N) is 2. The maximum absolute atomic E-state index is 12.9. The number of ether oxygens (including phenoxy) is 5. The third kappa shape index (κ3) is 20.2. The number of aliphatic carboxylic acids is 1. The van der Waals surface area contributed by atoms with E-state index in [9.17, 15) is 56.1 Å². The highest BCUT2D eigenvalue weighted by Gasteiger charge is 2.36. The number of aliphatic hydroxyl groups is 2. The number of aldehydes is 1. The molecular formula is C45H52N4O22S2. The van der Waals surface area contributed by atoms with E-state index in [4.69, 9.17) is 70.4 Å². The smallest absolute Gasteiger partial charge is 0.347 e. The van der Waals surface area contributed by atoms with Gasteiger partial charge < -0.3 is 65.8 Å². The van der Waals surface area contributed by atoms with E-state index in [0.29, 0.717) is 36.5 Å². The standard InChI is InChI=1S/C22H16O12.C19H24N4O2.2C2H6O4S/c1-8-5-12(24)10(6-23)19-15(8)22(31)34-20-11(7-32-14(27)4-3-13(25)26)17(28)16(21(29)30)9(2)18(20)33-19;20-18(21)14-4-8-16(9-5-14)24-12-2-1-3-13-25-17-10-6-15(7-11-17)19(22)23;2*3-1-2-7(4,5)6/h3-6,24,28H,7H2,1-2H3,(H,25,26)(H,29,30);4-11H,1-3,12-13H2,(H3,20,21)(H3,22,23);2*3H,1-2H2,(H,4,5,6). The van der Waals surface area contributed by atoms with Crippen LogP contribution in [0.2, 0.25) is 0 Å². The van der Waals surface area contributed by atoms with Crippen molar-refractivity contribution in [1.82, 2.24) is 0 Å². The molecule has 0 bridgehead atoms. The van der Waals surface area contributed by atoms with Gasteiger partial charge in [0.05, 0.1) is 49.1 Å². The van der Waals surface area contributed by atoms with Gasteiger partial charge in [0.2, 0.25) is 0 Å². The summed E-state index contributed by atoms with van der Waals surface area (Å²) in [5.41, 5.74) is 10.4. The Bertz CT molecular complexity index is 2810. The topological polar surface area (TPSA) is 461 Å². The molecule has 5 rings (SSSR count). The first kappa shape index (κ1) is 61.0. The number of fused-ring (bicyclic) bond motifs is 2. The lowest BCUT2D eigenvalue weighted by atomic mass is 10.0. The van der Waals surface area contributed by atoms with Crippen molar-refractivity contribution in [1.29, 1.82) is 10.8 Å². The van der Waals surface area contributed by atoms with Gasteiger partial charge in [-0.25, -0.2) is 19.2 Å². The molecule has 0 unspecified atom stereocenters. The lowest BCUT2D eigenvalue weighted by Crippen LogP contribution is -2.13. The van der Waals surface area contributed by atoms with Crippen LogP contribution in [0.3, 0.4) is 0 Å². The van der Waals surface area contributed by atoms with E-state index >= 15 is 0 Å². The second-order valence-corrected chi connectivity index (χ2v) is 17.8. The molecule has 0 saturated carbocycles. The highest BCUT2D eigenvalue weighted by atomic mass is 32.2. The van der Waals surface area contributed by atoms with Crippen molar-refractivity contribution in [3.8, 4) is 40.2 Å². The average molecular weight is 1070 g/mol. The fraction of sp³-hybridized carbons (Fsp3) is 0.267. The van der Waals surface area contributed by atoms with E-state index in [2.05, 4.69) is 0 Å². The molecule has 0 fully saturated rings. The molecule has 0 aromatic heterocycles. The van der Waals surface area contributed by atoms with Gasteiger partial charge in [-0.05, 0) is 93.3 Å². The van der Waals surface area contributed by atoms with Crippen LogP contribution in [-0.2, 0) is 41.2 Å². The summed E-state index contributed by atoms with van der Waals surface area (Å²) in [5, 5.41) is 69.3. The molecule has 0 saturated heterocycles. The zero-order valence-corrected chi connectivity index (χ0v) is 40.4. The summed E-state index contributed by atoms with van der Waals surface area (Å²) in [6.45, 7) is 2.06. The van der Waals surface area contributed by atoms with Crippen LogP contribution in [0.1, 0.15) is 78.2 Å². The normalized spacial score (nSPS) is 11.4. The van der Waals surface area contributed by atoms with Gasteiger partial charge >= 0.3 is 23.9 Å². The second kappa shape index (κ2) is 28.6. The number of aromatic carboxylic acids is 1. The largest absolute Gasteiger partial charge is 0.507 e. The third-order valence-electron chi connectivity index (χ3n) is 9.22. The van der Waals surface area contributed by atoms with Crippen LogP contribution in [0.25, 0.3) is 0 Å².